The van der Waals surface area contributed by atoms with Gasteiger partial charge in [0.15, 0.2) is 0 Å². The van der Waals surface area contributed by atoms with Crippen molar-refractivity contribution in [3.8, 4) is 11.3 Å². The standard InChI is InChI=1S/C14H12BrN3/c15-11-4-1-3-10(7-11)13-9-18-12(8-16)5-2-6-14(18)17-13/h1-7,9H,8,16H2. The number of nitrogens with zero attached hydrogens (tertiary/aromatic N) is 2. The van der Waals surface area contributed by atoms with E-state index in [0.29, 0.717) is 6.54 Å². The Morgan fingerprint density at radius 1 is 1.17 bits per heavy atom. The summed E-state index contributed by atoms with van der Waals surface area (Å²) < 4.78 is 3.09. The van der Waals surface area contributed by atoms with Gasteiger partial charge in [-0.25, -0.2) is 4.98 Å². The molecule has 4 heteroatoms. The second-order valence-electron chi connectivity index (χ2n) is 4.09. The summed E-state index contributed by atoms with van der Waals surface area (Å²) in [6.45, 7) is 0.506. The number of benzene rings is 1. The molecular weight excluding hydrogens is 290 g/mol. The van der Waals surface area contributed by atoms with Gasteiger partial charge in [0.1, 0.15) is 5.65 Å². The van der Waals surface area contributed by atoms with Gasteiger partial charge in [-0.3, -0.25) is 0 Å². The van der Waals surface area contributed by atoms with Gasteiger partial charge in [0, 0.05) is 28.5 Å². The van der Waals surface area contributed by atoms with Gasteiger partial charge in [0.2, 0.25) is 0 Å². The highest BCUT2D eigenvalue weighted by molar-refractivity contribution is 9.10. The molecule has 1 aromatic carbocycles. The van der Waals surface area contributed by atoms with Crippen LogP contribution < -0.4 is 5.73 Å². The van der Waals surface area contributed by atoms with Crippen molar-refractivity contribution in [1.29, 1.82) is 0 Å². The Hall–Kier alpha value is -1.65. The van der Waals surface area contributed by atoms with Crippen LogP contribution >= 0.6 is 15.9 Å². The lowest BCUT2D eigenvalue weighted by Gasteiger charge is -2.00. The van der Waals surface area contributed by atoms with Crippen LogP contribution in [0.3, 0.4) is 0 Å². The molecule has 0 atom stereocenters. The van der Waals surface area contributed by atoms with Crippen molar-refractivity contribution in [3.63, 3.8) is 0 Å². The van der Waals surface area contributed by atoms with Crippen LogP contribution in [0.2, 0.25) is 0 Å². The minimum atomic E-state index is 0.506. The molecule has 0 fully saturated rings. The maximum Gasteiger partial charge on any atom is 0.137 e. The molecule has 2 aromatic heterocycles. The highest BCUT2D eigenvalue weighted by atomic mass is 79.9. The highest BCUT2D eigenvalue weighted by Gasteiger charge is 2.06. The van der Waals surface area contributed by atoms with Gasteiger partial charge in [-0.05, 0) is 24.3 Å². The van der Waals surface area contributed by atoms with E-state index in [0.717, 1.165) is 27.1 Å². The van der Waals surface area contributed by atoms with Crippen LogP contribution in [-0.4, -0.2) is 9.38 Å². The fourth-order valence-corrected chi connectivity index (χ4v) is 2.42. The molecule has 0 aliphatic rings. The Morgan fingerprint density at radius 3 is 2.78 bits per heavy atom. The van der Waals surface area contributed by atoms with Gasteiger partial charge in [-0.15, -0.1) is 0 Å². The van der Waals surface area contributed by atoms with E-state index in [9.17, 15) is 0 Å². The van der Waals surface area contributed by atoms with Crippen LogP contribution in [0.5, 0.6) is 0 Å². The molecule has 0 spiro atoms. The lowest BCUT2D eigenvalue weighted by Crippen LogP contribution is -2.02. The van der Waals surface area contributed by atoms with Crippen molar-refractivity contribution in [3.05, 3.63) is 58.8 Å². The number of imidazole rings is 1. The number of halogens is 1. The molecule has 0 aliphatic heterocycles. The third-order valence-electron chi connectivity index (χ3n) is 2.91. The highest BCUT2D eigenvalue weighted by Crippen LogP contribution is 2.23. The van der Waals surface area contributed by atoms with E-state index in [1.165, 1.54) is 0 Å². The molecule has 90 valence electrons. The molecular formula is C14H12BrN3. The zero-order valence-electron chi connectivity index (χ0n) is 9.68. The van der Waals surface area contributed by atoms with E-state index in [2.05, 4.69) is 33.0 Å². The Balaban J connectivity index is 2.19. The minimum absolute atomic E-state index is 0.506. The SMILES string of the molecule is NCc1cccc2nc(-c3cccc(Br)c3)cn12. The van der Waals surface area contributed by atoms with Gasteiger partial charge in [-0.1, -0.05) is 34.1 Å². The molecule has 18 heavy (non-hydrogen) atoms. The number of fused-ring (bicyclic) bond motifs is 1. The third-order valence-corrected chi connectivity index (χ3v) is 3.40. The number of pyridine rings is 1. The zero-order valence-corrected chi connectivity index (χ0v) is 11.3. The van der Waals surface area contributed by atoms with Crippen LogP contribution in [0, 0.1) is 0 Å². The number of hydrogen-bond donors (Lipinski definition) is 1. The van der Waals surface area contributed by atoms with Crippen molar-refractivity contribution in [2.24, 2.45) is 5.73 Å². The summed E-state index contributed by atoms with van der Waals surface area (Å²) in [7, 11) is 0. The smallest absolute Gasteiger partial charge is 0.137 e. The summed E-state index contributed by atoms with van der Waals surface area (Å²) in [4.78, 5) is 4.62. The van der Waals surface area contributed by atoms with Crippen molar-refractivity contribution in [2.75, 3.05) is 0 Å². The monoisotopic (exact) mass is 301 g/mol. The Bertz CT molecular complexity index is 703. The van der Waals surface area contributed by atoms with E-state index in [1.807, 2.05) is 40.9 Å². The summed E-state index contributed by atoms with van der Waals surface area (Å²) in [6, 6.07) is 14.1. The first-order valence-corrected chi connectivity index (χ1v) is 6.50. The van der Waals surface area contributed by atoms with Crippen molar-refractivity contribution >= 4 is 21.6 Å². The second-order valence-corrected chi connectivity index (χ2v) is 5.00. The van der Waals surface area contributed by atoms with E-state index in [1.54, 1.807) is 0 Å². The molecule has 0 unspecified atom stereocenters. The molecule has 2 N–H and O–H groups in total. The molecule has 3 rings (SSSR count). The van der Waals surface area contributed by atoms with E-state index < -0.39 is 0 Å². The molecule has 0 bridgehead atoms. The van der Waals surface area contributed by atoms with Gasteiger partial charge in [0.25, 0.3) is 0 Å². The summed E-state index contributed by atoms with van der Waals surface area (Å²) >= 11 is 3.48. The first kappa shape index (κ1) is 11.4. The van der Waals surface area contributed by atoms with Gasteiger partial charge in [0.05, 0.1) is 5.69 Å². The number of aromatic nitrogens is 2. The quantitative estimate of drug-likeness (QED) is 0.790. The second kappa shape index (κ2) is 4.55. The lowest BCUT2D eigenvalue weighted by molar-refractivity contribution is 0.946. The molecule has 0 radical (unpaired) electrons. The summed E-state index contributed by atoms with van der Waals surface area (Å²) in [6.07, 6.45) is 2.03. The lowest BCUT2D eigenvalue weighted by atomic mass is 10.2. The first-order chi connectivity index (χ1) is 8.78. The van der Waals surface area contributed by atoms with Crippen molar-refractivity contribution in [1.82, 2.24) is 9.38 Å². The van der Waals surface area contributed by atoms with Gasteiger partial charge < -0.3 is 10.1 Å². The number of hydrogen-bond acceptors (Lipinski definition) is 2. The van der Waals surface area contributed by atoms with Crippen LogP contribution in [0.25, 0.3) is 16.9 Å². The van der Waals surface area contributed by atoms with Crippen LogP contribution in [0.1, 0.15) is 5.69 Å². The van der Waals surface area contributed by atoms with Crippen LogP contribution in [0.4, 0.5) is 0 Å². The molecule has 2 heterocycles. The molecule has 0 aliphatic carbocycles. The summed E-state index contributed by atoms with van der Waals surface area (Å²) in [5.74, 6) is 0. The fraction of sp³-hybridized carbons (Fsp3) is 0.0714. The van der Waals surface area contributed by atoms with Crippen LogP contribution in [-0.2, 0) is 6.54 Å². The normalized spacial score (nSPS) is 11.0. The summed E-state index contributed by atoms with van der Waals surface area (Å²) in [5, 5.41) is 0. The topological polar surface area (TPSA) is 43.3 Å². The first-order valence-electron chi connectivity index (χ1n) is 5.71. The van der Waals surface area contributed by atoms with Gasteiger partial charge in [-0.2, -0.15) is 0 Å². The fourth-order valence-electron chi connectivity index (χ4n) is 2.02. The summed E-state index contributed by atoms with van der Waals surface area (Å²) in [5.41, 5.74) is 9.76. The number of rotatable bonds is 2. The van der Waals surface area contributed by atoms with Crippen molar-refractivity contribution < 1.29 is 0 Å². The van der Waals surface area contributed by atoms with Crippen molar-refractivity contribution in [2.45, 2.75) is 6.54 Å². The predicted molar refractivity (Wildman–Crippen MR) is 76.2 cm³/mol. The molecule has 0 saturated carbocycles. The maximum atomic E-state index is 5.73. The minimum Gasteiger partial charge on any atom is -0.325 e. The zero-order chi connectivity index (χ0) is 12.5. The average molecular weight is 302 g/mol. The van der Waals surface area contributed by atoms with E-state index in [4.69, 9.17) is 5.73 Å². The van der Waals surface area contributed by atoms with E-state index in [-0.39, 0.29) is 0 Å². The van der Waals surface area contributed by atoms with Crippen LogP contribution in [0.15, 0.2) is 53.1 Å². The predicted octanol–water partition coefficient (Wildman–Crippen LogP) is 3.22. The molecule has 3 nitrogen and oxygen atoms in total. The van der Waals surface area contributed by atoms with Gasteiger partial charge >= 0.3 is 0 Å². The molecule has 0 saturated heterocycles. The molecule has 0 amide bonds. The van der Waals surface area contributed by atoms with E-state index >= 15 is 0 Å². The Labute approximate surface area is 113 Å². The molecule has 3 aromatic rings. The third kappa shape index (κ3) is 1.94. The average Bonchev–Trinajstić information content (AvgIpc) is 2.82. The largest absolute Gasteiger partial charge is 0.325 e. The number of nitrogens with two attached hydrogens (primary N) is 1. The Kier molecular flexibility index (Phi) is 2.89. The maximum absolute atomic E-state index is 5.73. The Morgan fingerprint density at radius 2 is 2.00 bits per heavy atom.